The van der Waals surface area contributed by atoms with E-state index in [1.807, 2.05) is 92.3 Å². The molecule has 0 atom stereocenters. The zero-order valence-electron chi connectivity index (χ0n) is 17.6. The number of nitrogens with zero attached hydrogens (tertiary/aromatic N) is 2. The molecule has 1 N–H and O–H groups in total. The molecule has 0 saturated carbocycles. The zero-order chi connectivity index (χ0) is 21.3. The molecule has 0 saturated heterocycles. The Labute approximate surface area is 180 Å². The van der Waals surface area contributed by atoms with Crippen molar-refractivity contribution >= 4 is 17.2 Å². The van der Waals surface area contributed by atoms with E-state index in [4.69, 9.17) is 4.52 Å². The van der Waals surface area contributed by atoms with Crippen molar-refractivity contribution in [2.24, 2.45) is 0 Å². The largest absolute Gasteiger partial charge is 0.375 e. The van der Waals surface area contributed by atoms with Crippen LogP contribution in [0, 0.1) is 6.92 Å². The molecule has 0 aliphatic heterocycles. The fourth-order valence-corrected chi connectivity index (χ4v) is 4.48. The molecular weight excluding hydrogens is 394 g/mol. The lowest BCUT2D eigenvalue weighted by Gasteiger charge is -2.18. The highest BCUT2D eigenvalue weighted by molar-refractivity contribution is 7.11. The van der Waals surface area contributed by atoms with Gasteiger partial charge in [0.1, 0.15) is 17.1 Å². The molecule has 0 radical (unpaired) electrons. The van der Waals surface area contributed by atoms with E-state index in [1.54, 1.807) is 0 Å². The first kappa shape index (κ1) is 20.2. The summed E-state index contributed by atoms with van der Waals surface area (Å²) < 4.78 is 7.30. The number of rotatable bonds is 5. The van der Waals surface area contributed by atoms with Crippen LogP contribution in [0.25, 0.3) is 21.7 Å². The van der Waals surface area contributed by atoms with Crippen molar-refractivity contribution in [2.75, 3.05) is 5.32 Å². The SMILES string of the molecule is Cc1onc(-c2ccccc2)c1CNc1c(-c2ccccc2)sn(C(C)(C)C)c1=O. The van der Waals surface area contributed by atoms with E-state index in [1.165, 1.54) is 11.5 Å². The minimum Gasteiger partial charge on any atom is -0.375 e. The van der Waals surface area contributed by atoms with Crippen LogP contribution in [0.15, 0.2) is 70.0 Å². The van der Waals surface area contributed by atoms with E-state index >= 15 is 0 Å². The first-order chi connectivity index (χ1) is 14.4. The van der Waals surface area contributed by atoms with Crippen LogP contribution in [0.5, 0.6) is 0 Å². The van der Waals surface area contributed by atoms with Crippen molar-refractivity contribution in [1.29, 1.82) is 0 Å². The third-order valence-corrected chi connectivity index (χ3v) is 6.45. The third-order valence-electron chi connectivity index (χ3n) is 4.93. The van der Waals surface area contributed by atoms with Crippen LogP contribution < -0.4 is 10.9 Å². The van der Waals surface area contributed by atoms with Gasteiger partial charge in [-0.2, -0.15) is 0 Å². The summed E-state index contributed by atoms with van der Waals surface area (Å²) in [4.78, 5) is 14.2. The summed E-state index contributed by atoms with van der Waals surface area (Å²) in [5.41, 5.74) is 4.07. The maximum atomic E-state index is 13.3. The summed E-state index contributed by atoms with van der Waals surface area (Å²) in [5, 5.41) is 7.65. The molecule has 2 heterocycles. The van der Waals surface area contributed by atoms with Crippen molar-refractivity contribution in [3.63, 3.8) is 0 Å². The van der Waals surface area contributed by atoms with Gasteiger partial charge in [0.2, 0.25) is 0 Å². The van der Waals surface area contributed by atoms with Crippen LogP contribution in [0.1, 0.15) is 32.1 Å². The summed E-state index contributed by atoms with van der Waals surface area (Å²) in [6, 6.07) is 20.0. The highest BCUT2D eigenvalue weighted by Crippen LogP contribution is 2.34. The molecule has 0 bridgehead atoms. The zero-order valence-corrected chi connectivity index (χ0v) is 18.4. The van der Waals surface area contributed by atoms with Crippen molar-refractivity contribution in [3.8, 4) is 21.7 Å². The van der Waals surface area contributed by atoms with Gasteiger partial charge >= 0.3 is 0 Å². The molecule has 6 heteroatoms. The molecule has 0 amide bonds. The Balaban J connectivity index is 1.74. The maximum absolute atomic E-state index is 13.3. The fourth-order valence-electron chi connectivity index (χ4n) is 3.36. The van der Waals surface area contributed by atoms with Gasteiger partial charge in [-0.15, -0.1) is 0 Å². The van der Waals surface area contributed by atoms with Gasteiger partial charge in [0, 0.05) is 17.7 Å². The number of aryl methyl sites for hydroxylation is 1. The van der Waals surface area contributed by atoms with Crippen molar-refractivity contribution in [2.45, 2.75) is 39.8 Å². The number of hydrogen-bond acceptors (Lipinski definition) is 5. The Morgan fingerprint density at radius 2 is 1.60 bits per heavy atom. The number of aromatic nitrogens is 2. The summed E-state index contributed by atoms with van der Waals surface area (Å²) in [7, 11) is 0. The number of hydrogen-bond donors (Lipinski definition) is 1. The topological polar surface area (TPSA) is 60.1 Å². The molecule has 30 heavy (non-hydrogen) atoms. The van der Waals surface area contributed by atoms with Crippen LogP contribution in [-0.2, 0) is 12.1 Å². The van der Waals surface area contributed by atoms with Gasteiger partial charge in [-0.1, -0.05) is 77.4 Å². The van der Waals surface area contributed by atoms with E-state index in [2.05, 4.69) is 10.5 Å². The Morgan fingerprint density at radius 3 is 2.20 bits per heavy atom. The molecule has 154 valence electrons. The van der Waals surface area contributed by atoms with E-state index in [9.17, 15) is 4.79 Å². The maximum Gasteiger partial charge on any atom is 0.285 e. The van der Waals surface area contributed by atoms with E-state index in [0.29, 0.717) is 12.2 Å². The smallest absolute Gasteiger partial charge is 0.285 e. The Hall–Kier alpha value is -3.12. The molecule has 5 nitrogen and oxygen atoms in total. The van der Waals surface area contributed by atoms with Gasteiger partial charge in [0.15, 0.2) is 0 Å². The minimum atomic E-state index is -0.298. The molecule has 0 fully saturated rings. The second-order valence-electron chi connectivity index (χ2n) is 8.22. The Kier molecular flexibility index (Phi) is 5.35. The van der Waals surface area contributed by atoms with E-state index < -0.39 is 0 Å². The monoisotopic (exact) mass is 419 g/mol. The van der Waals surface area contributed by atoms with Crippen LogP contribution in [0.2, 0.25) is 0 Å². The summed E-state index contributed by atoms with van der Waals surface area (Å²) in [6.07, 6.45) is 0. The normalized spacial score (nSPS) is 11.6. The second-order valence-corrected chi connectivity index (χ2v) is 9.17. The average molecular weight is 420 g/mol. The van der Waals surface area contributed by atoms with Crippen LogP contribution in [0.3, 0.4) is 0 Å². The quantitative estimate of drug-likeness (QED) is 0.437. The van der Waals surface area contributed by atoms with Gasteiger partial charge in [-0.3, -0.25) is 8.75 Å². The van der Waals surface area contributed by atoms with Crippen molar-refractivity contribution in [1.82, 2.24) is 9.11 Å². The van der Waals surface area contributed by atoms with Gasteiger partial charge in [0.05, 0.1) is 10.4 Å². The highest BCUT2D eigenvalue weighted by atomic mass is 32.1. The van der Waals surface area contributed by atoms with Gasteiger partial charge in [-0.25, -0.2) is 0 Å². The lowest BCUT2D eigenvalue weighted by Crippen LogP contribution is -2.30. The van der Waals surface area contributed by atoms with E-state index in [-0.39, 0.29) is 11.1 Å². The van der Waals surface area contributed by atoms with Crippen LogP contribution >= 0.6 is 11.5 Å². The Bertz CT molecular complexity index is 1200. The third kappa shape index (κ3) is 3.83. The molecule has 0 aliphatic carbocycles. The molecule has 4 rings (SSSR count). The van der Waals surface area contributed by atoms with Gasteiger partial charge in [-0.05, 0) is 33.3 Å². The number of benzene rings is 2. The molecule has 0 aliphatic rings. The van der Waals surface area contributed by atoms with Crippen molar-refractivity contribution < 1.29 is 4.52 Å². The molecule has 0 spiro atoms. The molecule has 2 aromatic carbocycles. The van der Waals surface area contributed by atoms with Crippen molar-refractivity contribution in [3.05, 3.63) is 82.3 Å². The highest BCUT2D eigenvalue weighted by Gasteiger charge is 2.24. The van der Waals surface area contributed by atoms with E-state index in [0.717, 1.165) is 33.0 Å². The summed E-state index contributed by atoms with van der Waals surface area (Å²) in [6.45, 7) is 8.48. The molecule has 0 unspecified atom stereocenters. The molecule has 4 aromatic rings. The molecular formula is C24H25N3O2S. The Morgan fingerprint density at radius 1 is 1.00 bits per heavy atom. The predicted molar refractivity (Wildman–Crippen MR) is 123 cm³/mol. The first-order valence-corrected chi connectivity index (χ1v) is 10.7. The van der Waals surface area contributed by atoms with Gasteiger partial charge < -0.3 is 9.84 Å². The van der Waals surface area contributed by atoms with Crippen LogP contribution in [0.4, 0.5) is 5.69 Å². The minimum absolute atomic E-state index is 0.0123. The lowest BCUT2D eigenvalue weighted by molar-refractivity contribution is 0.398. The lowest BCUT2D eigenvalue weighted by atomic mass is 10.1. The first-order valence-electron chi connectivity index (χ1n) is 9.93. The fraction of sp³-hybridized carbons (Fsp3) is 0.250. The average Bonchev–Trinajstić information content (AvgIpc) is 3.27. The predicted octanol–water partition coefficient (Wildman–Crippen LogP) is 5.91. The standard InChI is InChI=1S/C24H25N3O2S/c1-16-19(20(26-29-16)17-11-7-5-8-12-17)15-25-21-22(18-13-9-6-10-14-18)30-27(23(21)28)24(2,3)4/h5-14,25H,15H2,1-4H3. The molecule has 2 aromatic heterocycles. The number of nitrogens with one attached hydrogen (secondary N) is 1. The summed E-state index contributed by atoms with van der Waals surface area (Å²) >= 11 is 1.49. The second kappa shape index (κ2) is 7.95. The van der Waals surface area contributed by atoms with Gasteiger partial charge in [0.25, 0.3) is 5.56 Å². The number of anilines is 1. The van der Waals surface area contributed by atoms with Crippen LogP contribution in [-0.4, -0.2) is 9.11 Å². The summed E-state index contributed by atoms with van der Waals surface area (Å²) in [5.74, 6) is 0.744.